The second-order valence-corrected chi connectivity index (χ2v) is 6.71. The predicted octanol–water partition coefficient (Wildman–Crippen LogP) is 3.94. The van der Waals surface area contributed by atoms with Crippen molar-refractivity contribution in [2.75, 3.05) is 0 Å². The van der Waals surface area contributed by atoms with E-state index in [1.54, 1.807) is 23.9 Å². The summed E-state index contributed by atoms with van der Waals surface area (Å²) in [5.41, 5.74) is 1.22. The number of hydrogen-bond donors (Lipinski definition) is 2. The molecule has 0 heterocycles. The van der Waals surface area contributed by atoms with Gasteiger partial charge in [0.05, 0.1) is 0 Å². The van der Waals surface area contributed by atoms with Gasteiger partial charge in [0.1, 0.15) is 11.5 Å². The van der Waals surface area contributed by atoms with Gasteiger partial charge >= 0.3 is 5.97 Å². The van der Waals surface area contributed by atoms with Crippen molar-refractivity contribution in [2.24, 2.45) is 0 Å². The highest BCUT2D eigenvalue weighted by molar-refractivity contribution is 7.99. The fraction of sp³-hybridized carbons (Fsp3) is 0.278. The Hall–Kier alpha value is -2.14. The minimum absolute atomic E-state index is 0.121. The summed E-state index contributed by atoms with van der Waals surface area (Å²) in [4.78, 5) is 11.4. The van der Waals surface area contributed by atoms with Crippen LogP contribution in [0.2, 0.25) is 0 Å². The van der Waals surface area contributed by atoms with Crippen molar-refractivity contribution >= 4 is 17.7 Å². The topological polar surface area (TPSA) is 66.8 Å². The van der Waals surface area contributed by atoms with Crippen molar-refractivity contribution in [3.63, 3.8) is 0 Å². The Kier molecular flexibility index (Phi) is 6.35. The van der Waals surface area contributed by atoms with E-state index < -0.39 is 12.1 Å². The number of benzene rings is 2. The lowest BCUT2D eigenvalue weighted by molar-refractivity contribution is -0.145. The predicted molar refractivity (Wildman–Crippen MR) is 92.0 cm³/mol. The van der Waals surface area contributed by atoms with Crippen LogP contribution in [0.1, 0.15) is 18.9 Å². The number of aliphatic carboxylic acids is 1. The molecule has 2 aromatic carbocycles. The van der Waals surface area contributed by atoms with Gasteiger partial charge in [-0.15, -0.1) is 0 Å². The van der Waals surface area contributed by atoms with E-state index in [1.807, 2.05) is 25.1 Å². The van der Waals surface area contributed by atoms with E-state index in [2.05, 4.69) is 12.1 Å². The van der Waals surface area contributed by atoms with Gasteiger partial charge in [0.25, 0.3) is 0 Å². The average molecular weight is 332 g/mol. The smallest absolute Gasteiger partial charge is 0.344 e. The molecule has 0 spiro atoms. The van der Waals surface area contributed by atoms with Gasteiger partial charge in [0.15, 0.2) is 6.10 Å². The molecule has 0 aliphatic heterocycles. The van der Waals surface area contributed by atoms with Crippen molar-refractivity contribution in [1.82, 2.24) is 0 Å². The van der Waals surface area contributed by atoms with Crippen LogP contribution in [-0.4, -0.2) is 27.5 Å². The first-order valence-electron chi connectivity index (χ1n) is 7.38. The van der Waals surface area contributed by atoms with Crippen molar-refractivity contribution in [3.8, 4) is 11.5 Å². The van der Waals surface area contributed by atoms with E-state index in [0.29, 0.717) is 12.2 Å². The molecule has 2 atom stereocenters. The van der Waals surface area contributed by atoms with Gasteiger partial charge in [0, 0.05) is 17.4 Å². The van der Waals surface area contributed by atoms with Crippen molar-refractivity contribution < 1.29 is 19.7 Å². The second-order valence-electron chi connectivity index (χ2n) is 5.28. The monoisotopic (exact) mass is 332 g/mol. The van der Waals surface area contributed by atoms with Crippen LogP contribution in [0.5, 0.6) is 11.5 Å². The van der Waals surface area contributed by atoms with Gasteiger partial charge in [0.2, 0.25) is 0 Å². The highest BCUT2D eigenvalue weighted by atomic mass is 32.2. The van der Waals surface area contributed by atoms with Crippen LogP contribution in [0, 0.1) is 0 Å². The van der Waals surface area contributed by atoms with E-state index in [1.165, 1.54) is 17.7 Å². The van der Waals surface area contributed by atoms with Gasteiger partial charge in [-0.2, -0.15) is 11.8 Å². The number of carboxylic acid groups (broad SMARTS) is 1. The number of phenolic OH excluding ortho intramolecular Hbond substituents is 1. The van der Waals surface area contributed by atoms with E-state index in [4.69, 9.17) is 4.74 Å². The van der Waals surface area contributed by atoms with Gasteiger partial charge in [-0.3, -0.25) is 0 Å². The maximum absolute atomic E-state index is 11.4. The van der Waals surface area contributed by atoms with Gasteiger partial charge < -0.3 is 14.9 Å². The largest absolute Gasteiger partial charge is 0.508 e. The molecule has 0 fully saturated rings. The molecule has 0 radical (unpaired) electrons. The molecule has 0 aliphatic carbocycles. The number of carbonyl (C=O) groups is 1. The van der Waals surface area contributed by atoms with Gasteiger partial charge in [-0.05, 0) is 29.8 Å². The zero-order valence-corrected chi connectivity index (χ0v) is 13.7. The lowest BCUT2D eigenvalue weighted by atomic mass is 10.2. The summed E-state index contributed by atoms with van der Waals surface area (Å²) < 4.78 is 5.53. The summed E-state index contributed by atoms with van der Waals surface area (Å²) in [5, 5.41) is 18.7. The van der Waals surface area contributed by atoms with Crippen molar-refractivity contribution in [2.45, 2.75) is 30.5 Å². The molecule has 4 nitrogen and oxygen atoms in total. The molecule has 23 heavy (non-hydrogen) atoms. The van der Waals surface area contributed by atoms with Gasteiger partial charge in [-0.25, -0.2) is 4.79 Å². The lowest BCUT2D eigenvalue weighted by Gasteiger charge is -2.19. The van der Waals surface area contributed by atoms with E-state index in [9.17, 15) is 15.0 Å². The first-order chi connectivity index (χ1) is 11.0. The molecule has 122 valence electrons. The third-order valence-corrected chi connectivity index (χ3v) is 4.58. The Bertz CT molecular complexity index is 613. The maximum Gasteiger partial charge on any atom is 0.344 e. The van der Waals surface area contributed by atoms with Crippen LogP contribution in [0.4, 0.5) is 0 Å². The molecule has 2 N–H and O–H groups in total. The number of phenols is 1. The normalized spacial score (nSPS) is 13.3. The van der Waals surface area contributed by atoms with E-state index >= 15 is 0 Å². The SMILES string of the molecule is CC(CC(Oc1ccc(O)cc1)C(=O)O)SCc1ccccc1. The Morgan fingerprint density at radius 1 is 1.13 bits per heavy atom. The summed E-state index contributed by atoms with van der Waals surface area (Å²) in [6.07, 6.45) is -0.494. The lowest BCUT2D eigenvalue weighted by Crippen LogP contribution is -2.29. The Morgan fingerprint density at radius 3 is 2.39 bits per heavy atom. The Morgan fingerprint density at radius 2 is 1.78 bits per heavy atom. The fourth-order valence-corrected chi connectivity index (χ4v) is 3.05. The standard InChI is InChI=1S/C18H20O4S/c1-13(23-12-14-5-3-2-4-6-14)11-17(18(20)21)22-16-9-7-15(19)8-10-16/h2-10,13,17,19H,11-12H2,1H3,(H,20,21). The van der Waals surface area contributed by atoms with Crippen LogP contribution < -0.4 is 4.74 Å². The van der Waals surface area contributed by atoms with Crippen LogP contribution in [0.25, 0.3) is 0 Å². The third-order valence-electron chi connectivity index (χ3n) is 3.31. The van der Waals surface area contributed by atoms with Gasteiger partial charge in [-0.1, -0.05) is 37.3 Å². The molecule has 0 saturated heterocycles. The van der Waals surface area contributed by atoms with E-state index in [-0.39, 0.29) is 11.0 Å². The number of hydrogen-bond acceptors (Lipinski definition) is 4. The molecular formula is C18H20O4S. The Labute approximate surface area is 140 Å². The molecule has 0 amide bonds. The molecule has 2 rings (SSSR count). The minimum atomic E-state index is -0.981. The number of thioether (sulfide) groups is 1. The summed E-state index contributed by atoms with van der Waals surface area (Å²) in [6.45, 7) is 2.00. The first-order valence-corrected chi connectivity index (χ1v) is 8.43. The quantitative estimate of drug-likeness (QED) is 0.766. The number of rotatable bonds is 8. The first kappa shape index (κ1) is 17.2. The zero-order chi connectivity index (χ0) is 16.7. The second kappa shape index (κ2) is 8.48. The van der Waals surface area contributed by atoms with E-state index in [0.717, 1.165) is 5.75 Å². The van der Waals surface area contributed by atoms with Crippen LogP contribution in [0.3, 0.4) is 0 Å². The molecule has 5 heteroatoms. The number of ether oxygens (including phenoxy) is 1. The summed E-state index contributed by atoms with van der Waals surface area (Å²) in [6, 6.07) is 16.2. The molecule has 0 saturated carbocycles. The summed E-state index contributed by atoms with van der Waals surface area (Å²) in [5.74, 6) is 0.421. The number of aromatic hydroxyl groups is 1. The molecule has 2 aromatic rings. The molecular weight excluding hydrogens is 312 g/mol. The van der Waals surface area contributed by atoms with Crippen LogP contribution >= 0.6 is 11.8 Å². The zero-order valence-electron chi connectivity index (χ0n) is 12.9. The van der Waals surface area contributed by atoms with Crippen molar-refractivity contribution in [3.05, 3.63) is 60.2 Å². The maximum atomic E-state index is 11.4. The summed E-state index contributed by atoms with van der Waals surface area (Å²) in [7, 11) is 0. The highest BCUT2D eigenvalue weighted by Gasteiger charge is 2.22. The average Bonchev–Trinajstić information content (AvgIpc) is 2.55. The molecule has 0 aliphatic rings. The number of carboxylic acids is 1. The Balaban J connectivity index is 1.88. The molecule has 0 aromatic heterocycles. The fourth-order valence-electron chi connectivity index (χ4n) is 2.07. The van der Waals surface area contributed by atoms with Crippen LogP contribution in [0.15, 0.2) is 54.6 Å². The summed E-state index contributed by atoms with van der Waals surface area (Å²) >= 11 is 1.70. The highest BCUT2D eigenvalue weighted by Crippen LogP contribution is 2.24. The minimum Gasteiger partial charge on any atom is -0.508 e. The van der Waals surface area contributed by atoms with Crippen LogP contribution in [-0.2, 0) is 10.5 Å². The van der Waals surface area contributed by atoms with Crippen molar-refractivity contribution in [1.29, 1.82) is 0 Å². The molecule has 0 bridgehead atoms. The third kappa shape index (κ3) is 5.87. The molecule has 2 unspecified atom stereocenters.